The summed E-state index contributed by atoms with van der Waals surface area (Å²) in [6, 6.07) is 6.39. The van der Waals surface area contributed by atoms with Gasteiger partial charge < -0.3 is 4.74 Å². The van der Waals surface area contributed by atoms with E-state index in [1.165, 1.54) is 18.2 Å². The van der Waals surface area contributed by atoms with Crippen molar-refractivity contribution in [3.63, 3.8) is 0 Å². The highest BCUT2D eigenvalue weighted by Crippen LogP contribution is 2.27. The van der Waals surface area contributed by atoms with Crippen LogP contribution < -0.4 is 4.74 Å². The molecule has 112 valence electrons. The normalized spacial score (nSPS) is 11.4. The molecular weight excluding hydrogens is 329 g/mol. The van der Waals surface area contributed by atoms with Crippen LogP contribution in [0.4, 0.5) is 13.2 Å². The van der Waals surface area contributed by atoms with Crippen molar-refractivity contribution in [2.75, 3.05) is 0 Å². The van der Waals surface area contributed by atoms with Crippen molar-refractivity contribution in [2.24, 2.45) is 0 Å². The highest BCUT2D eigenvalue weighted by Gasteiger charge is 2.19. The Morgan fingerprint density at radius 2 is 1.67 bits per heavy atom. The van der Waals surface area contributed by atoms with Crippen LogP contribution in [0.2, 0.25) is 0 Å². The topological polar surface area (TPSA) is 43.4 Å². The molecule has 0 N–H and O–H groups in total. The van der Waals surface area contributed by atoms with Crippen molar-refractivity contribution >= 4 is 19.7 Å². The number of halogens is 4. The fraction of sp³-hybridized carbons (Fsp3) is 0.0769. The maximum absolute atomic E-state index is 13.7. The fourth-order valence-corrected chi connectivity index (χ4v) is 2.35. The van der Waals surface area contributed by atoms with Gasteiger partial charge in [-0.3, -0.25) is 0 Å². The Kier molecular flexibility index (Phi) is 4.43. The Balaban J connectivity index is 2.25. The molecule has 0 unspecified atom stereocenters. The van der Waals surface area contributed by atoms with E-state index in [1.807, 2.05) is 0 Å². The van der Waals surface area contributed by atoms with Gasteiger partial charge in [0.2, 0.25) is 0 Å². The minimum absolute atomic E-state index is 0.279. The first-order valence-corrected chi connectivity index (χ1v) is 7.89. The van der Waals surface area contributed by atoms with Crippen LogP contribution in [-0.2, 0) is 15.7 Å². The third-order valence-electron chi connectivity index (χ3n) is 2.53. The van der Waals surface area contributed by atoms with Gasteiger partial charge in [0.1, 0.15) is 12.4 Å². The van der Waals surface area contributed by atoms with Gasteiger partial charge in [-0.15, -0.1) is 0 Å². The molecule has 0 aliphatic rings. The molecular formula is C13H8ClF3O3S. The lowest BCUT2D eigenvalue weighted by molar-refractivity contribution is 0.273. The van der Waals surface area contributed by atoms with Crippen LogP contribution in [0, 0.1) is 17.5 Å². The van der Waals surface area contributed by atoms with E-state index in [4.69, 9.17) is 15.4 Å². The van der Waals surface area contributed by atoms with Gasteiger partial charge in [-0.05, 0) is 29.8 Å². The molecule has 0 aromatic heterocycles. The van der Waals surface area contributed by atoms with Crippen molar-refractivity contribution < 1.29 is 26.3 Å². The van der Waals surface area contributed by atoms with Gasteiger partial charge in [-0.2, -0.15) is 0 Å². The molecule has 0 amide bonds. The number of ether oxygens (including phenoxy) is 1. The summed E-state index contributed by atoms with van der Waals surface area (Å²) in [4.78, 5) is -0.711. The monoisotopic (exact) mass is 336 g/mol. The molecule has 0 aliphatic carbocycles. The first-order valence-electron chi connectivity index (χ1n) is 5.58. The molecule has 21 heavy (non-hydrogen) atoms. The predicted octanol–water partition coefficient (Wildman–Crippen LogP) is 3.61. The number of hydrogen-bond acceptors (Lipinski definition) is 3. The van der Waals surface area contributed by atoms with Crippen LogP contribution in [0.1, 0.15) is 5.56 Å². The summed E-state index contributed by atoms with van der Waals surface area (Å²) < 4.78 is 67.2. The lowest BCUT2D eigenvalue weighted by atomic mass is 10.2. The Labute approximate surface area is 123 Å². The van der Waals surface area contributed by atoms with E-state index in [2.05, 4.69) is 0 Å². The second-order valence-electron chi connectivity index (χ2n) is 4.07. The molecule has 0 spiro atoms. The Morgan fingerprint density at radius 3 is 2.19 bits per heavy atom. The first kappa shape index (κ1) is 15.7. The first-order chi connectivity index (χ1) is 9.77. The number of hydrogen-bond donors (Lipinski definition) is 0. The molecule has 0 fully saturated rings. The molecule has 2 aromatic rings. The third-order valence-corrected chi connectivity index (χ3v) is 3.86. The number of rotatable bonds is 4. The molecule has 0 heterocycles. The predicted molar refractivity (Wildman–Crippen MR) is 70.1 cm³/mol. The molecule has 0 bridgehead atoms. The average molecular weight is 337 g/mol. The van der Waals surface area contributed by atoms with Crippen molar-refractivity contribution in [1.29, 1.82) is 0 Å². The van der Waals surface area contributed by atoms with Crippen LogP contribution in [0.5, 0.6) is 5.75 Å². The van der Waals surface area contributed by atoms with Gasteiger partial charge in [0.05, 0.1) is 4.90 Å². The molecule has 8 heteroatoms. The number of benzene rings is 2. The molecule has 2 aromatic carbocycles. The zero-order valence-electron chi connectivity index (χ0n) is 10.3. The smallest absolute Gasteiger partial charge is 0.261 e. The average Bonchev–Trinajstić information content (AvgIpc) is 2.36. The summed E-state index contributed by atoms with van der Waals surface area (Å²) in [5.41, 5.74) is 0.364. The van der Waals surface area contributed by atoms with E-state index in [-0.39, 0.29) is 6.61 Å². The van der Waals surface area contributed by atoms with Crippen LogP contribution in [0.15, 0.2) is 41.3 Å². The van der Waals surface area contributed by atoms with Gasteiger partial charge in [0, 0.05) is 10.7 Å². The van der Waals surface area contributed by atoms with E-state index in [9.17, 15) is 21.6 Å². The zero-order chi connectivity index (χ0) is 15.6. The maximum Gasteiger partial charge on any atom is 0.261 e. The zero-order valence-corrected chi connectivity index (χ0v) is 11.9. The summed E-state index contributed by atoms with van der Waals surface area (Å²) in [7, 11) is 0.751. The fourth-order valence-electron chi connectivity index (χ4n) is 1.60. The van der Waals surface area contributed by atoms with Crippen molar-refractivity contribution in [3.05, 3.63) is 59.4 Å². The third kappa shape index (κ3) is 3.89. The molecule has 2 rings (SSSR count). The van der Waals surface area contributed by atoms with Crippen molar-refractivity contribution in [2.45, 2.75) is 11.5 Å². The highest BCUT2D eigenvalue weighted by molar-refractivity contribution is 8.13. The second-order valence-corrected chi connectivity index (χ2v) is 6.64. The summed E-state index contributed by atoms with van der Waals surface area (Å²) in [5, 5.41) is 0. The SMILES string of the molecule is O=S(=O)(Cl)c1cc(F)c(OCc2cccc(F)c2)c(F)c1. The molecule has 0 aliphatic heterocycles. The van der Waals surface area contributed by atoms with Gasteiger partial charge >= 0.3 is 0 Å². The summed E-state index contributed by atoms with van der Waals surface area (Å²) >= 11 is 0. The molecule has 0 saturated carbocycles. The quantitative estimate of drug-likeness (QED) is 0.801. The maximum atomic E-state index is 13.7. The van der Waals surface area contributed by atoms with Crippen LogP contribution in [0.25, 0.3) is 0 Å². The molecule has 3 nitrogen and oxygen atoms in total. The summed E-state index contributed by atoms with van der Waals surface area (Å²) in [6.45, 7) is -0.279. The lowest BCUT2D eigenvalue weighted by Crippen LogP contribution is -2.02. The van der Waals surface area contributed by atoms with Crippen LogP contribution in [-0.4, -0.2) is 8.42 Å². The molecule has 0 saturated heterocycles. The van der Waals surface area contributed by atoms with Gasteiger partial charge in [0.15, 0.2) is 17.4 Å². The van der Waals surface area contributed by atoms with Gasteiger partial charge in [-0.25, -0.2) is 21.6 Å². The standard InChI is InChI=1S/C13H8ClF3O3S/c14-21(18,19)10-5-11(16)13(12(17)6-10)20-7-8-2-1-3-9(15)4-8/h1-6H,7H2. The molecule has 0 atom stereocenters. The van der Waals surface area contributed by atoms with Gasteiger partial charge in [0.25, 0.3) is 9.05 Å². The van der Waals surface area contributed by atoms with E-state index in [0.29, 0.717) is 17.7 Å². The van der Waals surface area contributed by atoms with E-state index in [1.54, 1.807) is 0 Å². The summed E-state index contributed by atoms with van der Waals surface area (Å²) in [6.07, 6.45) is 0. The van der Waals surface area contributed by atoms with E-state index >= 15 is 0 Å². The Hall–Kier alpha value is -1.73. The molecule has 0 radical (unpaired) electrons. The Morgan fingerprint density at radius 1 is 1.05 bits per heavy atom. The second kappa shape index (κ2) is 5.95. The minimum atomic E-state index is -4.25. The minimum Gasteiger partial charge on any atom is -0.483 e. The lowest BCUT2D eigenvalue weighted by Gasteiger charge is -2.09. The van der Waals surface area contributed by atoms with E-state index in [0.717, 1.165) is 6.07 Å². The van der Waals surface area contributed by atoms with Gasteiger partial charge in [-0.1, -0.05) is 12.1 Å². The van der Waals surface area contributed by atoms with Crippen molar-refractivity contribution in [3.8, 4) is 5.75 Å². The summed E-state index contributed by atoms with van der Waals surface area (Å²) in [5.74, 6) is -3.71. The largest absolute Gasteiger partial charge is 0.483 e. The van der Waals surface area contributed by atoms with Crippen LogP contribution in [0.3, 0.4) is 0 Å². The Bertz CT molecular complexity index is 755. The van der Waals surface area contributed by atoms with Crippen LogP contribution >= 0.6 is 10.7 Å². The van der Waals surface area contributed by atoms with E-state index < -0.39 is 37.1 Å². The van der Waals surface area contributed by atoms with Crippen molar-refractivity contribution in [1.82, 2.24) is 0 Å². The highest BCUT2D eigenvalue weighted by atomic mass is 35.7.